The zero-order valence-electron chi connectivity index (χ0n) is 10.9. The van der Waals surface area contributed by atoms with Gasteiger partial charge in [0.25, 0.3) is 0 Å². The molecule has 0 saturated heterocycles. The van der Waals surface area contributed by atoms with Crippen molar-refractivity contribution in [2.75, 3.05) is 0 Å². The van der Waals surface area contributed by atoms with Crippen molar-refractivity contribution in [2.24, 2.45) is 11.8 Å². The average Bonchev–Trinajstić information content (AvgIpc) is 2.22. The fourth-order valence-electron chi connectivity index (χ4n) is 1.93. The second-order valence-corrected chi connectivity index (χ2v) is 5.34. The Balaban J connectivity index is 3.96. The van der Waals surface area contributed by atoms with Crippen molar-refractivity contribution in [3.05, 3.63) is 12.2 Å². The lowest BCUT2D eigenvalue weighted by Crippen LogP contribution is -2.10. The van der Waals surface area contributed by atoms with Crippen LogP contribution in [0.15, 0.2) is 12.2 Å². The maximum atomic E-state index is 4.56. The van der Waals surface area contributed by atoms with E-state index in [1.165, 1.54) is 32.1 Å². The van der Waals surface area contributed by atoms with Crippen molar-refractivity contribution < 1.29 is 0 Å². The molecule has 0 saturated carbocycles. The zero-order valence-corrected chi connectivity index (χ0v) is 11.8. The van der Waals surface area contributed by atoms with Gasteiger partial charge in [0.1, 0.15) is 0 Å². The smallest absolute Gasteiger partial charge is 0.00196 e. The molecule has 0 aromatic rings. The first kappa shape index (κ1) is 15.1. The molecule has 15 heavy (non-hydrogen) atoms. The Morgan fingerprint density at radius 1 is 1.13 bits per heavy atom. The topological polar surface area (TPSA) is 0 Å². The van der Waals surface area contributed by atoms with E-state index in [9.17, 15) is 0 Å². The van der Waals surface area contributed by atoms with Crippen molar-refractivity contribution in [3.8, 4) is 0 Å². The molecule has 0 amide bonds. The molecular weight excluding hydrogens is 200 g/mol. The van der Waals surface area contributed by atoms with E-state index in [-0.39, 0.29) is 0 Å². The van der Waals surface area contributed by atoms with Gasteiger partial charge in [-0.1, -0.05) is 46.3 Å². The summed E-state index contributed by atoms with van der Waals surface area (Å²) in [6, 6.07) is 0. The molecule has 2 unspecified atom stereocenters. The summed E-state index contributed by atoms with van der Waals surface area (Å²) in [5, 5.41) is 0.524. The molecule has 0 aromatic heterocycles. The molecule has 0 heterocycles. The lowest BCUT2D eigenvalue weighted by Gasteiger charge is -2.17. The van der Waals surface area contributed by atoms with Crippen molar-refractivity contribution in [1.29, 1.82) is 0 Å². The second kappa shape index (κ2) is 9.33. The molecule has 0 rings (SSSR count). The van der Waals surface area contributed by atoms with Gasteiger partial charge in [0.05, 0.1) is 0 Å². The van der Waals surface area contributed by atoms with E-state index in [2.05, 4.69) is 52.5 Å². The predicted molar refractivity (Wildman–Crippen MR) is 74.7 cm³/mol. The molecule has 0 fully saturated rings. The van der Waals surface area contributed by atoms with Crippen LogP contribution in [0, 0.1) is 11.8 Å². The number of rotatable bonds is 8. The van der Waals surface area contributed by atoms with Crippen LogP contribution in [0.2, 0.25) is 0 Å². The van der Waals surface area contributed by atoms with Gasteiger partial charge in [-0.25, -0.2) is 0 Å². The van der Waals surface area contributed by atoms with Gasteiger partial charge in [-0.2, -0.15) is 12.6 Å². The van der Waals surface area contributed by atoms with Crippen molar-refractivity contribution in [2.45, 2.75) is 65.0 Å². The lowest BCUT2D eigenvalue weighted by atomic mass is 9.94. The van der Waals surface area contributed by atoms with Crippen LogP contribution in [-0.4, -0.2) is 5.25 Å². The van der Waals surface area contributed by atoms with Crippen LogP contribution in [0.25, 0.3) is 0 Å². The van der Waals surface area contributed by atoms with Gasteiger partial charge in [0.15, 0.2) is 0 Å². The quantitative estimate of drug-likeness (QED) is 0.433. The molecule has 2 atom stereocenters. The van der Waals surface area contributed by atoms with Gasteiger partial charge in [0, 0.05) is 5.25 Å². The molecule has 0 aliphatic heterocycles. The minimum absolute atomic E-state index is 0.524. The molecule has 1 heteroatoms. The van der Waals surface area contributed by atoms with E-state index in [0.29, 0.717) is 5.25 Å². The van der Waals surface area contributed by atoms with E-state index < -0.39 is 0 Å². The summed E-state index contributed by atoms with van der Waals surface area (Å²) in [6.07, 6.45) is 11.1. The molecular formula is C14H28S. The summed E-state index contributed by atoms with van der Waals surface area (Å²) >= 11 is 4.56. The van der Waals surface area contributed by atoms with Gasteiger partial charge >= 0.3 is 0 Å². The van der Waals surface area contributed by atoms with Crippen molar-refractivity contribution in [3.63, 3.8) is 0 Å². The van der Waals surface area contributed by atoms with Crippen LogP contribution >= 0.6 is 12.6 Å². The summed E-state index contributed by atoms with van der Waals surface area (Å²) in [6.45, 7) is 9.01. The number of thiol groups is 1. The Bertz CT molecular complexity index is 157. The third-order valence-corrected chi connectivity index (χ3v) is 3.66. The normalized spacial score (nSPS) is 16.1. The van der Waals surface area contributed by atoms with Crippen LogP contribution in [-0.2, 0) is 0 Å². The first-order chi connectivity index (χ1) is 7.15. The Kier molecular flexibility index (Phi) is 9.38. The Hall–Kier alpha value is 0.0900. The number of hydrogen-bond donors (Lipinski definition) is 1. The van der Waals surface area contributed by atoms with Gasteiger partial charge in [-0.3, -0.25) is 0 Å². The largest absolute Gasteiger partial charge is 0.176 e. The first-order valence-electron chi connectivity index (χ1n) is 6.50. The Morgan fingerprint density at radius 2 is 1.73 bits per heavy atom. The monoisotopic (exact) mass is 228 g/mol. The van der Waals surface area contributed by atoms with Gasteiger partial charge < -0.3 is 0 Å². The molecule has 90 valence electrons. The van der Waals surface area contributed by atoms with Crippen LogP contribution in [0.4, 0.5) is 0 Å². The standard InChI is InChI=1S/C14H28S/c1-5-9-14(12(4)15)11-8-10-13(6-2)7-3/h8,10,12-15H,5-7,9,11H2,1-4H3/b10-8-. The van der Waals surface area contributed by atoms with Gasteiger partial charge in [-0.15, -0.1) is 0 Å². The maximum absolute atomic E-state index is 4.56. The van der Waals surface area contributed by atoms with Crippen LogP contribution in [0.5, 0.6) is 0 Å². The Labute approximate surface area is 102 Å². The summed E-state index contributed by atoms with van der Waals surface area (Å²) < 4.78 is 0. The molecule has 0 nitrogen and oxygen atoms in total. The minimum atomic E-state index is 0.524. The molecule has 0 spiro atoms. The first-order valence-corrected chi connectivity index (χ1v) is 7.01. The minimum Gasteiger partial charge on any atom is -0.176 e. The predicted octanol–water partition coefficient (Wildman–Crippen LogP) is 5.10. The highest BCUT2D eigenvalue weighted by Crippen LogP contribution is 2.21. The third-order valence-electron chi connectivity index (χ3n) is 3.24. The van der Waals surface area contributed by atoms with Crippen LogP contribution < -0.4 is 0 Å². The summed E-state index contributed by atoms with van der Waals surface area (Å²) in [5.74, 6) is 1.53. The molecule has 0 radical (unpaired) electrons. The zero-order chi connectivity index (χ0) is 11.7. The molecule has 0 N–H and O–H groups in total. The van der Waals surface area contributed by atoms with E-state index in [4.69, 9.17) is 0 Å². The number of allylic oxidation sites excluding steroid dienone is 2. The molecule has 0 aromatic carbocycles. The van der Waals surface area contributed by atoms with Crippen molar-refractivity contribution in [1.82, 2.24) is 0 Å². The summed E-state index contributed by atoms with van der Waals surface area (Å²) in [5.41, 5.74) is 0. The Morgan fingerprint density at radius 3 is 2.13 bits per heavy atom. The van der Waals surface area contributed by atoms with E-state index in [1.807, 2.05) is 0 Å². The second-order valence-electron chi connectivity index (χ2n) is 4.53. The highest BCUT2D eigenvalue weighted by Gasteiger charge is 2.11. The lowest BCUT2D eigenvalue weighted by molar-refractivity contribution is 0.480. The van der Waals surface area contributed by atoms with Gasteiger partial charge in [-0.05, 0) is 37.5 Å². The van der Waals surface area contributed by atoms with E-state index in [1.54, 1.807) is 0 Å². The SMILES string of the molecule is CCCC(C/C=C\C(CC)CC)C(C)S. The average molecular weight is 228 g/mol. The fourth-order valence-corrected chi connectivity index (χ4v) is 2.20. The fraction of sp³-hybridized carbons (Fsp3) is 0.857. The van der Waals surface area contributed by atoms with Gasteiger partial charge in [0.2, 0.25) is 0 Å². The molecule has 0 aliphatic rings. The molecule has 0 aliphatic carbocycles. The van der Waals surface area contributed by atoms with Crippen LogP contribution in [0.1, 0.15) is 59.8 Å². The van der Waals surface area contributed by atoms with E-state index >= 15 is 0 Å². The summed E-state index contributed by atoms with van der Waals surface area (Å²) in [7, 11) is 0. The van der Waals surface area contributed by atoms with E-state index in [0.717, 1.165) is 11.8 Å². The highest BCUT2D eigenvalue weighted by molar-refractivity contribution is 7.80. The third kappa shape index (κ3) is 7.05. The maximum Gasteiger partial charge on any atom is 0.00196 e. The number of hydrogen-bond acceptors (Lipinski definition) is 1. The van der Waals surface area contributed by atoms with Crippen LogP contribution in [0.3, 0.4) is 0 Å². The molecule has 0 bridgehead atoms. The highest BCUT2D eigenvalue weighted by atomic mass is 32.1. The summed E-state index contributed by atoms with van der Waals surface area (Å²) in [4.78, 5) is 0. The van der Waals surface area contributed by atoms with Crippen molar-refractivity contribution >= 4 is 12.6 Å².